The first kappa shape index (κ1) is 15.1. The second-order valence-corrected chi connectivity index (χ2v) is 5.43. The fourth-order valence-corrected chi connectivity index (χ4v) is 2.38. The maximum absolute atomic E-state index is 12.0. The Morgan fingerprint density at radius 2 is 1.67 bits per heavy atom. The van der Waals surface area contributed by atoms with Gasteiger partial charge in [0.05, 0.1) is 12.6 Å². The maximum Gasteiger partial charge on any atom is 0.239 e. The fourth-order valence-electron chi connectivity index (χ4n) is 2.38. The summed E-state index contributed by atoms with van der Waals surface area (Å²) in [6.07, 6.45) is 0. The first-order chi connectivity index (χ1) is 10.0. The average Bonchev–Trinajstić information content (AvgIpc) is 2.45. The van der Waals surface area contributed by atoms with Crippen LogP contribution in [0.3, 0.4) is 0 Å². The molecule has 1 unspecified atom stereocenters. The highest BCUT2D eigenvalue weighted by molar-refractivity contribution is 5.81. The van der Waals surface area contributed by atoms with Crippen LogP contribution in [-0.4, -0.2) is 12.5 Å². The minimum Gasteiger partial charge on any atom is -0.376 e. The molecule has 2 rings (SSSR count). The molecule has 2 aromatic carbocycles. The lowest BCUT2D eigenvalue weighted by Crippen LogP contribution is -2.32. The van der Waals surface area contributed by atoms with Crippen molar-refractivity contribution in [1.82, 2.24) is 5.32 Å². The number of amides is 1. The predicted molar refractivity (Wildman–Crippen MR) is 87.4 cm³/mol. The number of rotatable bonds is 5. The van der Waals surface area contributed by atoms with E-state index < -0.39 is 0 Å². The van der Waals surface area contributed by atoms with Gasteiger partial charge in [0.1, 0.15) is 0 Å². The van der Waals surface area contributed by atoms with Crippen molar-refractivity contribution in [2.24, 2.45) is 0 Å². The van der Waals surface area contributed by atoms with E-state index in [4.69, 9.17) is 0 Å². The molecule has 0 saturated carbocycles. The smallest absolute Gasteiger partial charge is 0.239 e. The Hall–Kier alpha value is -2.29. The zero-order valence-corrected chi connectivity index (χ0v) is 12.8. The van der Waals surface area contributed by atoms with Gasteiger partial charge in [-0.25, -0.2) is 0 Å². The second kappa shape index (κ2) is 6.93. The fraction of sp³-hybridized carbons (Fsp3) is 0.278. The van der Waals surface area contributed by atoms with Crippen LogP contribution in [0.15, 0.2) is 48.5 Å². The Morgan fingerprint density at radius 1 is 1.05 bits per heavy atom. The predicted octanol–water partition coefficient (Wildman–Crippen LogP) is 3.59. The van der Waals surface area contributed by atoms with Gasteiger partial charge in [-0.3, -0.25) is 4.79 Å². The molecule has 3 nitrogen and oxygen atoms in total. The van der Waals surface area contributed by atoms with Crippen LogP contribution >= 0.6 is 0 Å². The Balaban J connectivity index is 1.87. The van der Waals surface area contributed by atoms with E-state index in [1.807, 2.05) is 49.4 Å². The first-order valence-corrected chi connectivity index (χ1v) is 7.21. The molecule has 110 valence electrons. The van der Waals surface area contributed by atoms with Crippen LogP contribution in [0.4, 0.5) is 5.69 Å². The molecule has 3 heteroatoms. The van der Waals surface area contributed by atoms with E-state index in [1.54, 1.807) is 0 Å². The Morgan fingerprint density at radius 3 is 2.29 bits per heavy atom. The summed E-state index contributed by atoms with van der Waals surface area (Å²) < 4.78 is 0. The van der Waals surface area contributed by atoms with Crippen LogP contribution in [0.5, 0.6) is 0 Å². The molecule has 0 aliphatic carbocycles. The average molecular weight is 282 g/mol. The number of carbonyl (C=O) groups excluding carboxylic acids is 1. The van der Waals surface area contributed by atoms with Gasteiger partial charge in [-0.1, -0.05) is 36.4 Å². The monoisotopic (exact) mass is 282 g/mol. The maximum atomic E-state index is 12.0. The molecule has 0 bridgehead atoms. The third kappa shape index (κ3) is 4.63. The van der Waals surface area contributed by atoms with Gasteiger partial charge in [0.15, 0.2) is 0 Å². The van der Waals surface area contributed by atoms with Gasteiger partial charge >= 0.3 is 0 Å². The number of anilines is 1. The van der Waals surface area contributed by atoms with Gasteiger partial charge in [0.2, 0.25) is 5.91 Å². The number of benzene rings is 2. The molecular weight excluding hydrogens is 260 g/mol. The highest BCUT2D eigenvalue weighted by Gasteiger charge is 2.08. The van der Waals surface area contributed by atoms with Crippen molar-refractivity contribution < 1.29 is 4.79 Å². The van der Waals surface area contributed by atoms with Gasteiger partial charge in [0, 0.05) is 5.69 Å². The molecule has 0 radical (unpaired) electrons. The number of aryl methyl sites for hydroxylation is 2. The molecule has 0 aliphatic rings. The third-order valence-electron chi connectivity index (χ3n) is 3.35. The van der Waals surface area contributed by atoms with Crippen molar-refractivity contribution >= 4 is 11.6 Å². The first-order valence-electron chi connectivity index (χ1n) is 7.21. The van der Waals surface area contributed by atoms with Crippen molar-refractivity contribution in [3.05, 3.63) is 65.2 Å². The van der Waals surface area contributed by atoms with Crippen LogP contribution in [0.1, 0.15) is 29.7 Å². The van der Waals surface area contributed by atoms with Gasteiger partial charge in [-0.2, -0.15) is 0 Å². The Labute approximate surface area is 126 Å². The molecule has 2 aromatic rings. The topological polar surface area (TPSA) is 41.1 Å². The van der Waals surface area contributed by atoms with Crippen LogP contribution < -0.4 is 10.6 Å². The summed E-state index contributed by atoms with van der Waals surface area (Å²) in [4.78, 5) is 12.0. The molecule has 1 amide bonds. The summed E-state index contributed by atoms with van der Waals surface area (Å²) in [5, 5.41) is 6.17. The van der Waals surface area contributed by atoms with Crippen molar-refractivity contribution in [1.29, 1.82) is 0 Å². The van der Waals surface area contributed by atoms with Crippen LogP contribution in [0.2, 0.25) is 0 Å². The molecule has 0 aliphatic heterocycles. The molecule has 0 fully saturated rings. The lowest BCUT2D eigenvalue weighted by atomic mass is 10.1. The van der Waals surface area contributed by atoms with E-state index in [2.05, 4.69) is 30.5 Å². The highest BCUT2D eigenvalue weighted by atomic mass is 16.1. The quantitative estimate of drug-likeness (QED) is 0.880. The molecule has 0 heterocycles. The number of hydrogen-bond acceptors (Lipinski definition) is 2. The van der Waals surface area contributed by atoms with Gasteiger partial charge < -0.3 is 10.6 Å². The molecule has 2 N–H and O–H groups in total. The van der Waals surface area contributed by atoms with E-state index >= 15 is 0 Å². The Bertz CT molecular complexity index is 588. The molecule has 0 spiro atoms. The van der Waals surface area contributed by atoms with E-state index in [9.17, 15) is 4.79 Å². The molecular formula is C18H22N2O. The van der Waals surface area contributed by atoms with Crippen molar-refractivity contribution in [2.45, 2.75) is 26.8 Å². The summed E-state index contributed by atoms with van der Waals surface area (Å²) in [7, 11) is 0. The van der Waals surface area contributed by atoms with Crippen LogP contribution in [0.25, 0.3) is 0 Å². The van der Waals surface area contributed by atoms with Gasteiger partial charge in [0.25, 0.3) is 0 Å². The van der Waals surface area contributed by atoms with Gasteiger partial charge in [-0.05, 0) is 49.6 Å². The number of hydrogen-bond donors (Lipinski definition) is 2. The summed E-state index contributed by atoms with van der Waals surface area (Å²) in [5.74, 6) is -0.00878. The normalized spacial score (nSPS) is 11.8. The third-order valence-corrected chi connectivity index (χ3v) is 3.35. The van der Waals surface area contributed by atoms with Crippen LogP contribution in [-0.2, 0) is 4.79 Å². The lowest BCUT2D eigenvalue weighted by molar-refractivity contribution is -0.120. The summed E-state index contributed by atoms with van der Waals surface area (Å²) in [6.45, 7) is 6.37. The zero-order valence-electron chi connectivity index (χ0n) is 12.8. The number of nitrogens with one attached hydrogen (secondary N) is 2. The van der Waals surface area contributed by atoms with E-state index in [0.717, 1.165) is 11.3 Å². The summed E-state index contributed by atoms with van der Waals surface area (Å²) in [5.41, 5.74) is 4.47. The number of carbonyl (C=O) groups is 1. The lowest BCUT2D eigenvalue weighted by Gasteiger charge is -2.15. The van der Waals surface area contributed by atoms with Crippen molar-refractivity contribution in [2.75, 3.05) is 11.9 Å². The zero-order chi connectivity index (χ0) is 15.2. The highest BCUT2D eigenvalue weighted by Crippen LogP contribution is 2.14. The van der Waals surface area contributed by atoms with E-state index in [0.29, 0.717) is 0 Å². The largest absolute Gasteiger partial charge is 0.376 e. The van der Waals surface area contributed by atoms with Crippen molar-refractivity contribution in [3.8, 4) is 0 Å². The molecule has 0 saturated heterocycles. The summed E-state index contributed by atoms with van der Waals surface area (Å²) in [6, 6.07) is 16.2. The molecule has 1 atom stereocenters. The van der Waals surface area contributed by atoms with E-state index in [-0.39, 0.29) is 18.5 Å². The molecule has 21 heavy (non-hydrogen) atoms. The standard InChI is InChI=1S/C18H22N2O/c1-13-9-14(2)11-17(10-13)19-12-18(21)20-15(3)16-7-5-4-6-8-16/h4-11,15,19H,12H2,1-3H3,(H,20,21). The van der Waals surface area contributed by atoms with Crippen LogP contribution in [0, 0.1) is 13.8 Å². The Kier molecular flexibility index (Phi) is 4.99. The minimum atomic E-state index is -0.00878. The SMILES string of the molecule is Cc1cc(C)cc(NCC(=O)NC(C)c2ccccc2)c1. The van der Waals surface area contributed by atoms with Crippen molar-refractivity contribution in [3.63, 3.8) is 0 Å². The second-order valence-electron chi connectivity index (χ2n) is 5.43. The van der Waals surface area contributed by atoms with E-state index in [1.165, 1.54) is 11.1 Å². The minimum absolute atomic E-state index is 0.00878. The molecule has 0 aromatic heterocycles. The summed E-state index contributed by atoms with van der Waals surface area (Å²) >= 11 is 0. The van der Waals surface area contributed by atoms with Gasteiger partial charge in [-0.15, -0.1) is 0 Å².